The summed E-state index contributed by atoms with van der Waals surface area (Å²) in [6.07, 6.45) is 5.57. The average Bonchev–Trinajstić information content (AvgIpc) is 2.16. The van der Waals surface area contributed by atoms with E-state index in [1.54, 1.807) is 14.2 Å². The molecule has 1 saturated carbocycles. The summed E-state index contributed by atoms with van der Waals surface area (Å²) in [5.74, 6) is 0.848. The second kappa shape index (κ2) is 4.83. The fraction of sp³-hybridized carbons (Fsp3) is 1.00. The predicted molar refractivity (Wildman–Crippen MR) is 49.2 cm³/mol. The molecule has 1 aliphatic rings. The Balaban J connectivity index is 2.41. The summed E-state index contributed by atoms with van der Waals surface area (Å²) >= 11 is 0. The van der Waals surface area contributed by atoms with E-state index in [4.69, 9.17) is 9.47 Å². The van der Waals surface area contributed by atoms with Crippen molar-refractivity contribution in [3.8, 4) is 0 Å². The largest absolute Gasteiger partial charge is 0.379 e. The number of hydrogen-bond donors (Lipinski definition) is 0. The van der Waals surface area contributed by atoms with Crippen molar-refractivity contribution in [2.75, 3.05) is 14.2 Å². The molecule has 0 amide bonds. The lowest BCUT2D eigenvalue weighted by atomic mass is 9.84. The zero-order valence-corrected chi connectivity index (χ0v) is 8.38. The Bertz CT molecular complexity index is 125. The van der Waals surface area contributed by atoms with Gasteiger partial charge in [-0.2, -0.15) is 0 Å². The van der Waals surface area contributed by atoms with E-state index in [9.17, 15) is 0 Å². The smallest absolute Gasteiger partial charge is 0.0835 e. The molecule has 2 heteroatoms. The van der Waals surface area contributed by atoms with Gasteiger partial charge in [-0.25, -0.2) is 0 Å². The molecule has 3 atom stereocenters. The van der Waals surface area contributed by atoms with Crippen molar-refractivity contribution in [2.24, 2.45) is 5.92 Å². The van der Waals surface area contributed by atoms with Gasteiger partial charge in [0, 0.05) is 14.2 Å². The van der Waals surface area contributed by atoms with Gasteiger partial charge >= 0.3 is 0 Å². The minimum absolute atomic E-state index is 0.327. The predicted octanol–water partition coefficient (Wildman–Crippen LogP) is 2.23. The normalized spacial score (nSPS) is 36.8. The van der Waals surface area contributed by atoms with Crippen LogP contribution in [0.15, 0.2) is 0 Å². The minimum atomic E-state index is 0.327. The number of methoxy groups -OCH3 is 2. The Morgan fingerprint density at radius 2 is 1.75 bits per heavy atom. The van der Waals surface area contributed by atoms with E-state index in [1.807, 2.05) is 0 Å². The highest BCUT2D eigenvalue weighted by molar-refractivity contribution is 4.80. The summed E-state index contributed by atoms with van der Waals surface area (Å²) in [5.41, 5.74) is 0. The van der Waals surface area contributed by atoms with E-state index in [0.29, 0.717) is 12.2 Å². The molecule has 1 fully saturated rings. The summed E-state index contributed by atoms with van der Waals surface area (Å²) in [6.45, 7) is 2.25. The third-order valence-corrected chi connectivity index (χ3v) is 3.02. The summed E-state index contributed by atoms with van der Waals surface area (Å²) < 4.78 is 10.8. The van der Waals surface area contributed by atoms with Gasteiger partial charge in [-0.15, -0.1) is 0 Å². The van der Waals surface area contributed by atoms with Gasteiger partial charge in [-0.05, 0) is 25.2 Å². The lowest BCUT2D eigenvalue weighted by molar-refractivity contribution is -0.0706. The summed E-state index contributed by atoms with van der Waals surface area (Å²) in [7, 11) is 3.57. The first kappa shape index (κ1) is 10.0. The van der Waals surface area contributed by atoms with E-state index < -0.39 is 0 Å². The molecule has 12 heavy (non-hydrogen) atoms. The third kappa shape index (κ3) is 2.20. The number of hydrogen-bond acceptors (Lipinski definition) is 2. The Kier molecular flexibility index (Phi) is 4.02. The van der Waals surface area contributed by atoms with Crippen molar-refractivity contribution < 1.29 is 9.47 Å². The van der Waals surface area contributed by atoms with Crippen molar-refractivity contribution in [2.45, 2.75) is 44.8 Å². The van der Waals surface area contributed by atoms with Gasteiger partial charge < -0.3 is 9.47 Å². The second-order valence-corrected chi connectivity index (χ2v) is 3.64. The van der Waals surface area contributed by atoms with Gasteiger partial charge in [0.2, 0.25) is 0 Å². The van der Waals surface area contributed by atoms with Crippen LogP contribution in [0.5, 0.6) is 0 Å². The van der Waals surface area contributed by atoms with Crippen LogP contribution < -0.4 is 0 Å². The van der Waals surface area contributed by atoms with Crippen LogP contribution in [0.2, 0.25) is 0 Å². The molecule has 1 aliphatic carbocycles. The van der Waals surface area contributed by atoms with Crippen molar-refractivity contribution in [3.63, 3.8) is 0 Å². The zero-order chi connectivity index (χ0) is 8.97. The van der Waals surface area contributed by atoms with Crippen molar-refractivity contribution >= 4 is 0 Å². The van der Waals surface area contributed by atoms with E-state index >= 15 is 0 Å². The standard InChI is InChI=1S/C10H20O2/c1-4-8-5-6-9(11-2)10(7-8)12-3/h8-10H,4-7H2,1-3H3. The van der Waals surface area contributed by atoms with Crippen molar-refractivity contribution in [3.05, 3.63) is 0 Å². The van der Waals surface area contributed by atoms with Crippen LogP contribution in [0.4, 0.5) is 0 Å². The maximum Gasteiger partial charge on any atom is 0.0835 e. The Morgan fingerprint density at radius 3 is 2.25 bits per heavy atom. The highest BCUT2D eigenvalue weighted by atomic mass is 16.5. The summed E-state index contributed by atoms with van der Waals surface area (Å²) in [6, 6.07) is 0. The molecule has 72 valence electrons. The number of rotatable bonds is 3. The fourth-order valence-corrected chi connectivity index (χ4v) is 2.07. The van der Waals surface area contributed by atoms with Gasteiger partial charge in [0.15, 0.2) is 0 Å². The molecule has 0 radical (unpaired) electrons. The first-order chi connectivity index (χ1) is 5.81. The summed E-state index contributed by atoms with van der Waals surface area (Å²) in [4.78, 5) is 0. The summed E-state index contributed by atoms with van der Waals surface area (Å²) in [5, 5.41) is 0. The van der Waals surface area contributed by atoms with Crippen LogP contribution in [-0.4, -0.2) is 26.4 Å². The molecule has 0 aromatic heterocycles. The second-order valence-electron chi connectivity index (χ2n) is 3.64. The van der Waals surface area contributed by atoms with Gasteiger partial charge in [0.05, 0.1) is 12.2 Å². The van der Waals surface area contributed by atoms with Gasteiger partial charge in [0.1, 0.15) is 0 Å². The van der Waals surface area contributed by atoms with Crippen LogP contribution in [0.1, 0.15) is 32.6 Å². The first-order valence-corrected chi connectivity index (χ1v) is 4.87. The maximum atomic E-state index is 5.40. The molecular formula is C10H20O2. The molecule has 0 heterocycles. The van der Waals surface area contributed by atoms with Crippen molar-refractivity contribution in [1.82, 2.24) is 0 Å². The highest BCUT2D eigenvalue weighted by Gasteiger charge is 2.29. The van der Waals surface area contributed by atoms with E-state index in [0.717, 1.165) is 12.3 Å². The maximum absolute atomic E-state index is 5.40. The molecule has 0 saturated heterocycles. The van der Waals surface area contributed by atoms with Crippen LogP contribution in [0.3, 0.4) is 0 Å². The third-order valence-electron chi connectivity index (χ3n) is 3.02. The Hall–Kier alpha value is -0.0800. The lowest BCUT2D eigenvalue weighted by Gasteiger charge is -2.33. The lowest BCUT2D eigenvalue weighted by Crippen LogP contribution is -2.36. The topological polar surface area (TPSA) is 18.5 Å². The quantitative estimate of drug-likeness (QED) is 0.650. The SMILES string of the molecule is CCC1CCC(OC)C(OC)C1. The molecule has 1 rings (SSSR count). The van der Waals surface area contributed by atoms with Crippen LogP contribution in [0, 0.1) is 5.92 Å². The molecule has 3 unspecified atom stereocenters. The molecule has 0 aromatic carbocycles. The Morgan fingerprint density at radius 1 is 1.08 bits per heavy atom. The van der Waals surface area contributed by atoms with Gasteiger partial charge in [-0.3, -0.25) is 0 Å². The Labute approximate surface area is 75.2 Å². The molecule has 0 spiro atoms. The van der Waals surface area contributed by atoms with Gasteiger partial charge in [-0.1, -0.05) is 13.3 Å². The van der Waals surface area contributed by atoms with E-state index in [1.165, 1.54) is 19.3 Å². The number of ether oxygens (including phenoxy) is 2. The van der Waals surface area contributed by atoms with Crippen LogP contribution in [-0.2, 0) is 9.47 Å². The molecule has 2 nitrogen and oxygen atoms in total. The monoisotopic (exact) mass is 172 g/mol. The van der Waals surface area contributed by atoms with Crippen LogP contribution >= 0.6 is 0 Å². The highest BCUT2D eigenvalue weighted by Crippen LogP contribution is 2.29. The van der Waals surface area contributed by atoms with Gasteiger partial charge in [0.25, 0.3) is 0 Å². The molecule has 0 aliphatic heterocycles. The van der Waals surface area contributed by atoms with Crippen molar-refractivity contribution in [1.29, 1.82) is 0 Å². The minimum Gasteiger partial charge on any atom is -0.379 e. The molecule has 0 aromatic rings. The van der Waals surface area contributed by atoms with E-state index in [-0.39, 0.29) is 0 Å². The zero-order valence-electron chi connectivity index (χ0n) is 8.38. The fourth-order valence-electron chi connectivity index (χ4n) is 2.07. The van der Waals surface area contributed by atoms with E-state index in [2.05, 4.69) is 6.92 Å². The first-order valence-electron chi connectivity index (χ1n) is 4.87. The molecular weight excluding hydrogens is 152 g/mol. The molecule has 0 N–H and O–H groups in total. The molecule has 0 bridgehead atoms. The van der Waals surface area contributed by atoms with Crippen LogP contribution in [0.25, 0.3) is 0 Å². The average molecular weight is 172 g/mol.